The highest BCUT2D eigenvalue weighted by atomic mass is 16.4. The molecule has 1 fully saturated rings. The van der Waals surface area contributed by atoms with Crippen LogP contribution in [0.15, 0.2) is 24.5 Å². The summed E-state index contributed by atoms with van der Waals surface area (Å²) in [5.74, 6) is -0.502. The maximum atomic E-state index is 10.9. The molecule has 0 aliphatic carbocycles. The summed E-state index contributed by atoms with van der Waals surface area (Å²) in [7, 11) is 2.07. The lowest BCUT2D eigenvalue weighted by Gasteiger charge is -2.39. The van der Waals surface area contributed by atoms with Crippen LogP contribution in [0.2, 0.25) is 0 Å². The predicted octanol–water partition coefficient (Wildman–Crippen LogP) is 1.94. The van der Waals surface area contributed by atoms with Crippen LogP contribution < -0.4 is 0 Å². The largest absolute Gasteiger partial charge is 0.481 e. The van der Waals surface area contributed by atoms with Gasteiger partial charge < -0.3 is 5.11 Å². The Hall–Kier alpha value is -1.42. The number of aromatic nitrogens is 1. The first-order chi connectivity index (χ1) is 8.18. The van der Waals surface area contributed by atoms with Crippen molar-refractivity contribution in [3.63, 3.8) is 0 Å². The lowest BCUT2D eigenvalue weighted by atomic mass is 9.83. The summed E-state index contributed by atoms with van der Waals surface area (Å²) >= 11 is 0. The van der Waals surface area contributed by atoms with Gasteiger partial charge in [0.1, 0.15) is 0 Å². The Kier molecular flexibility index (Phi) is 3.74. The molecule has 0 radical (unpaired) electrons. The van der Waals surface area contributed by atoms with Crippen molar-refractivity contribution in [2.75, 3.05) is 13.6 Å². The molecule has 1 aromatic heterocycles. The summed E-state index contributed by atoms with van der Waals surface area (Å²) in [6, 6.07) is 4.19. The molecule has 0 amide bonds. The Balaban J connectivity index is 2.22. The molecule has 2 heterocycles. The van der Waals surface area contributed by atoms with Crippen molar-refractivity contribution in [1.29, 1.82) is 0 Å². The summed E-state index contributed by atoms with van der Waals surface area (Å²) < 4.78 is 0. The second kappa shape index (κ2) is 5.27. The number of hydrogen-bond donors (Lipinski definition) is 1. The molecule has 4 nitrogen and oxygen atoms in total. The van der Waals surface area contributed by atoms with Crippen molar-refractivity contribution in [2.45, 2.75) is 25.3 Å². The number of rotatable bonds is 3. The van der Waals surface area contributed by atoms with E-state index in [0.29, 0.717) is 0 Å². The van der Waals surface area contributed by atoms with E-state index >= 15 is 0 Å². The van der Waals surface area contributed by atoms with Gasteiger partial charge in [-0.1, -0.05) is 0 Å². The average molecular weight is 234 g/mol. The summed E-state index contributed by atoms with van der Waals surface area (Å²) in [5, 5.41) is 8.99. The van der Waals surface area contributed by atoms with E-state index in [2.05, 4.69) is 16.9 Å². The van der Waals surface area contributed by atoms with Gasteiger partial charge in [-0.25, -0.2) is 0 Å². The molecule has 0 bridgehead atoms. The lowest BCUT2D eigenvalue weighted by Crippen LogP contribution is -2.37. The van der Waals surface area contributed by atoms with Gasteiger partial charge in [-0.15, -0.1) is 0 Å². The molecule has 2 rings (SSSR count). The van der Waals surface area contributed by atoms with E-state index in [1.807, 2.05) is 12.1 Å². The highest BCUT2D eigenvalue weighted by Gasteiger charge is 2.31. The highest BCUT2D eigenvalue weighted by molar-refractivity contribution is 5.67. The summed E-state index contributed by atoms with van der Waals surface area (Å²) in [6.45, 7) is 1.03. The van der Waals surface area contributed by atoms with Crippen LogP contribution in [0.4, 0.5) is 0 Å². The van der Waals surface area contributed by atoms with Crippen molar-refractivity contribution in [1.82, 2.24) is 9.88 Å². The second-order valence-corrected chi connectivity index (χ2v) is 4.71. The topological polar surface area (TPSA) is 53.4 Å². The third kappa shape index (κ3) is 2.82. The number of likely N-dealkylation sites (tertiary alicyclic amines) is 1. The molecule has 1 aliphatic heterocycles. The van der Waals surface area contributed by atoms with Gasteiger partial charge in [-0.2, -0.15) is 0 Å². The summed E-state index contributed by atoms with van der Waals surface area (Å²) in [6.07, 6.45) is 5.86. The van der Waals surface area contributed by atoms with Crippen LogP contribution >= 0.6 is 0 Å². The number of pyridine rings is 1. The highest BCUT2D eigenvalue weighted by Crippen LogP contribution is 2.36. The molecule has 1 aromatic rings. The van der Waals surface area contributed by atoms with Crippen LogP contribution in [-0.4, -0.2) is 34.6 Å². The molecule has 0 unspecified atom stereocenters. The first-order valence-corrected chi connectivity index (χ1v) is 6.00. The fourth-order valence-electron chi connectivity index (χ4n) is 2.78. The minimum Gasteiger partial charge on any atom is -0.481 e. The van der Waals surface area contributed by atoms with Gasteiger partial charge in [0.15, 0.2) is 0 Å². The van der Waals surface area contributed by atoms with Gasteiger partial charge in [0.05, 0.1) is 0 Å². The Morgan fingerprint density at radius 2 is 2.24 bits per heavy atom. The zero-order valence-corrected chi connectivity index (χ0v) is 10.0. The van der Waals surface area contributed by atoms with E-state index in [9.17, 15) is 4.79 Å². The van der Waals surface area contributed by atoms with Crippen LogP contribution in [0.5, 0.6) is 0 Å². The average Bonchev–Trinajstić information content (AvgIpc) is 2.29. The first kappa shape index (κ1) is 12.0. The lowest BCUT2D eigenvalue weighted by molar-refractivity contribution is -0.139. The number of carboxylic acid groups (broad SMARTS) is 1. The van der Waals surface area contributed by atoms with Crippen molar-refractivity contribution in [3.8, 4) is 0 Å². The summed E-state index contributed by atoms with van der Waals surface area (Å²) in [4.78, 5) is 17.2. The van der Waals surface area contributed by atoms with E-state index in [-0.39, 0.29) is 18.4 Å². The third-order valence-corrected chi connectivity index (χ3v) is 3.49. The van der Waals surface area contributed by atoms with Gasteiger partial charge >= 0.3 is 5.97 Å². The number of nitrogens with zero attached hydrogens (tertiary/aromatic N) is 2. The predicted molar refractivity (Wildman–Crippen MR) is 64.6 cm³/mol. The van der Waals surface area contributed by atoms with Crippen molar-refractivity contribution in [2.24, 2.45) is 5.92 Å². The van der Waals surface area contributed by atoms with Gasteiger partial charge in [-0.05, 0) is 50.0 Å². The van der Waals surface area contributed by atoms with Crippen LogP contribution in [0.25, 0.3) is 0 Å². The van der Waals surface area contributed by atoms with Gasteiger partial charge in [0.2, 0.25) is 0 Å². The van der Waals surface area contributed by atoms with Crippen LogP contribution in [0.1, 0.15) is 30.9 Å². The molecule has 2 atom stereocenters. The van der Waals surface area contributed by atoms with Gasteiger partial charge in [0.25, 0.3) is 0 Å². The van der Waals surface area contributed by atoms with E-state index in [0.717, 1.165) is 19.4 Å². The van der Waals surface area contributed by atoms with E-state index < -0.39 is 5.97 Å². The van der Waals surface area contributed by atoms with Gasteiger partial charge in [0, 0.05) is 24.9 Å². The number of carboxylic acids is 1. The fraction of sp³-hybridized carbons (Fsp3) is 0.538. The van der Waals surface area contributed by atoms with E-state index in [1.165, 1.54) is 5.56 Å². The molecule has 1 aliphatic rings. The Bertz CT molecular complexity index is 380. The smallest absolute Gasteiger partial charge is 0.303 e. The molecule has 0 spiro atoms. The SMILES string of the molecule is CN1CCC[C@H](CC(=O)O)[C@H]1c1ccncc1. The Morgan fingerprint density at radius 1 is 1.53 bits per heavy atom. The standard InChI is InChI=1S/C13H18N2O2/c1-15-8-2-3-11(9-12(16)17)13(15)10-4-6-14-7-5-10/h4-7,11,13H,2-3,8-9H2,1H3,(H,16,17)/t11-,13-/m1/s1. The summed E-state index contributed by atoms with van der Waals surface area (Å²) in [5.41, 5.74) is 1.17. The molecular weight excluding hydrogens is 216 g/mol. The molecule has 1 saturated heterocycles. The van der Waals surface area contributed by atoms with Gasteiger partial charge in [-0.3, -0.25) is 14.7 Å². The third-order valence-electron chi connectivity index (χ3n) is 3.49. The molecule has 92 valence electrons. The van der Waals surface area contributed by atoms with E-state index in [4.69, 9.17) is 5.11 Å². The number of piperidine rings is 1. The number of hydrogen-bond acceptors (Lipinski definition) is 3. The Morgan fingerprint density at radius 3 is 2.88 bits per heavy atom. The fourth-order valence-corrected chi connectivity index (χ4v) is 2.78. The zero-order chi connectivity index (χ0) is 12.3. The zero-order valence-electron chi connectivity index (χ0n) is 10.0. The maximum absolute atomic E-state index is 10.9. The Labute approximate surface area is 101 Å². The minimum atomic E-state index is -0.704. The molecule has 4 heteroatoms. The van der Waals surface area contributed by atoms with Crippen LogP contribution in [0.3, 0.4) is 0 Å². The van der Waals surface area contributed by atoms with Crippen molar-refractivity contribution < 1.29 is 9.90 Å². The second-order valence-electron chi connectivity index (χ2n) is 4.71. The molecule has 17 heavy (non-hydrogen) atoms. The van der Waals surface area contributed by atoms with E-state index in [1.54, 1.807) is 12.4 Å². The first-order valence-electron chi connectivity index (χ1n) is 6.00. The monoisotopic (exact) mass is 234 g/mol. The minimum absolute atomic E-state index is 0.202. The molecule has 1 N–H and O–H groups in total. The molecule has 0 saturated carbocycles. The maximum Gasteiger partial charge on any atom is 0.303 e. The molecular formula is C13H18N2O2. The number of carbonyl (C=O) groups is 1. The van der Waals surface area contributed by atoms with Crippen molar-refractivity contribution in [3.05, 3.63) is 30.1 Å². The van der Waals surface area contributed by atoms with Crippen LogP contribution in [-0.2, 0) is 4.79 Å². The van der Waals surface area contributed by atoms with Crippen LogP contribution in [0, 0.1) is 5.92 Å². The van der Waals surface area contributed by atoms with Crippen molar-refractivity contribution >= 4 is 5.97 Å². The normalized spacial score (nSPS) is 25.7. The number of aliphatic carboxylic acids is 1. The quantitative estimate of drug-likeness (QED) is 0.868. The molecule has 0 aromatic carbocycles.